The second-order valence-electron chi connectivity index (χ2n) is 22.8. The van der Waals surface area contributed by atoms with Gasteiger partial charge in [-0.1, -0.05) is 48.5 Å². The monoisotopic (exact) mass is 1290 g/mol. The van der Waals surface area contributed by atoms with Gasteiger partial charge >= 0.3 is 36.1 Å². The quantitative estimate of drug-likeness (QED) is 0.0592. The van der Waals surface area contributed by atoms with Crippen molar-refractivity contribution in [2.24, 2.45) is 11.5 Å². The summed E-state index contributed by atoms with van der Waals surface area (Å²) in [5.74, 6) is -12.1. The zero-order valence-electron chi connectivity index (χ0n) is 48.9. The van der Waals surface area contributed by atoms with Gasteiger partial charge in [-0.2, -0.15) is 26.3 Å². The predicted octanol–water partition coefficient (Wildman–Crippen LogP) is 3.51. The standard InChI is InChI=1S/C30H29F3N2O10.C20H17NO6.C10H14F3NO5/c1-11-27(44-13(3)37)17(35-28(42)30(31,32)33)8-19(43-11)45-18-10-29(34,12(2)36)9-16-20(18)26(41)22-21(25(16)40)23(38)14-6-4-5-7-15(14)24(22)39;1-8(22)20(21)6-11-13(12(23)7-20)19(27)15-14(18(11)26)16(24)9-4-2-3-5-10(9)17(15)25;1-4-8(19-5(2)15)6(3-7(16)18-4)14-9(17)10(11,12)13/h4-7,11,17-19,27,40-41H,8-10,34H2,1-3H3,(H,35,42);2-5,12,23,26-27H,6-7,21H2,1H3;4,6-8,16H,3H2,1-2H3,(H,14,17)/t11-,17-,18-,19-,27+,29-;12-,20-;4-,6-,7+,8+/m000/s1. The van der Waals surface area contributed by atoms with Crippen LogP contribution in [-0.2, 0) is 65.3 Å². The number of esters is 2. The SMILES string of the molecule is CC(=O)O[C@H]1[C@@H](NC(=O)C(F)(F)F)C[C@H](O)O[C@H]1C.CC(=O)O[C@H]1[C@@H](NC(=O)C(F)(F)F)C[C@H](O[C@H]2C[C@](N)(C(C)=O)Cc3c(O)c4c(c(O)c32)C(=O)c2ccccc2C4=O)O[C@H]1C.CC(=O)[C@]1(N)Cc2c(O)c3c(c(O)c2[C@@H](O)C1)C(=O)c1ccccc1C3=O. The molecule has 2 amide bonds. The van der Waals surface area contributed by atoms with Gasteiger partial charge in [0.15, 0.2) is 35.7 Å². The number of aromatic hydroxyl groups is 4. The molecule has 4 aromatic carbocycles. The van der Waals surface area contributed by atoms with Gasteiger partial charge in [-0.25, -0.2) is 0 Å². The van der Waals surface area contributed by atoms with E-state index in [1.165, 1.54) is 64.1 Å². The van der Waals surface area contributed by atoms with Gasteiger partial charge in [0.25, 0.3) is 0 Å². The van der Waals surface area contributed by atoms with Crippen LogP contribution in [0.5, 0.6) is 23.0 Å². The summed E-state index contributed by atoms with van der Waals surface area (Å²) < 4.78 is 103. The lowest BCUT2D eigenvalue weighted by Gasteiger charge is -2.43. The molecule has 0 saturated carbocycles. The molecule has 6 aliphatic rings. The highest BCUT2D eigenvalue weighted by molar-refractivity contribution is 6.31. The Labute approximate surface area is 510 Å². The highest BCUT2D eigenvalue weighted by Gasteiger charge is 2.52. The van der Waals surface area contributed by atoms with Crippen LogP contribution in [0.25, 0.3) is 0 Å². The molecule has 2 saturated heterocycles. The molecule has 0 unspecified atom stereocenters. The first kappa shape index (κ1) is 68.2. The highest BCUT2D eigenvalue weighted by Crippen LogP contribution is 2.53. The van der Waals surface area contributed by atoms with Gasteiger partial charge in [-0.3, -0.25) is 47.9 Å². The summed E-state index contributed by atoms with van der Waals surface area (Å²) in [7, 11) is 0. The molecule has 0 radical (unpaired) electrons. The number of hydrogen-bond donors (Lipinski definition) is 10. The Kier molecular flexibility index (Phi) is 18.9. The lowest BCUT2D eigenvalue weighted by molar-refractivity contribution is -0.251. The van der Waals surface area contributed by atoms with Crippen LogP contribution in [0.1, 0.15) is 165 Å². The van der Waals surface area contributed by atoms with Crippen molar-refractivity contribution in [2.45, 2.75) is 165 Å². The third-order valence-corrected chi connectivity index (χ3v) is 16.5. The molecule has 2 fully saturated rings. The van der Waals surface area contributed by atoms with Gasteiger partial charge in [0, 0.05) is 96.9 Å². The fraction of sp³-hybridized carbons (Fsp3) is 0.433. The summed E-state index contributed by atoms with van der Waals surface area (Å²) in [6.07, 6.45) is -22.0. The van der Waals surface area contributed by atoms with Crippen molar-refractivity contribution in [3.8, 4) is 23.0 Å². The van der Waals surface area contributed by atoms with Crippen LogP contribution in [0.3, 0.4) is 0 Å². The smallest absolute Gasteiger partial charge is 0.471 e. The summed E-state index contributed by atoms with van der Waals surface area (Å²) in [4.78, 5) is 123. The van der Waals surface area contributed by atoms with E-state index < -0.39 is 184 Å². The van der Waals surface area contributed by atoms with Crippen LogP contribution >= 0.6 is 0 Å². The molecule has 12 N–H and O–H groups in total. The number of aliphatic hydroxyl groups excluding tert-OH is 2. The second-order valence-corrected chi connectivity index (χ2v) is 22.8. The van der Waals surface area contributed by atoms with E-state index in [-0.39, 0.29) is 87.7 Å². The molecule has 488 valence electrons. The van der Waals surface area contributed by atoms with Gasteiger partial charge < -0.3 is 76.4 Å². The lowest BCUT2D eigenvalue weighted by Crippen LogP contribution is -2.59. The summed E-state index contributed by atoms with van der Waals surface area (Å²) >= 11 is 0. The van der Waals surface area contributed by atoms with Crippen LogP contribution in [0, 0.1) is 0 Å². The third-order valence-electron chi connectivity index (χ3n) is 16.5. The number of carbonyl (C=O) groups is 10. The number of phenols is 4. The molecule has 4 aromatic rings. The Morgan fingerprint density at radius 3 is 1.29 bits per heavy atom. The number of alkyl halides is 6. The molecule has 10 rings (SSSR count). The summed E-state index contributed by atoms with van der Waals surface area (Å²) in [5, 5.41) is 67.7. The maximum Gasteiger partial charge on any atom is 0.471 e. The summed E-state index contributed by atoms with van der Waals surface area (Å²) in [6, 6.07) is 9.31. The van der Waals surface area contributed by atoms with Crippen molar-refractivity contribution >= 4 is 58.5 Å². The van der Waals surface area contributed by atoms with Gasteiger partial charge in [-0.05, 0) is 27.7 Å². The van der Waals surface area contributed by atoms with Crippen LogP contribution in [0.2, 0.25) is 0 Å². The molecule has 0 bridgehead atoms. The number of nitrogens with two attached hydrogens (primary N) is 2. The Bertz CT molecular complexity index is 3740. The molecule has 2 heterocycles. The van der Waals surface area contributed by atoms with Crippen LogP contribution < -0.4 is 22.1 Å². The Morgan fingerprint density at radius 2 is 0.901 bits per heavy atom. The second kappa shape index (κ2) is 25.2. The fourth-order valence-corrected chi connectivity index (χ4v) is 12.0. The van der Waals surface area contributed by atoms with Crippen molar-refractivity contribution in [3.63, 3.8) is 0 Å². The van der Waals surface area contributed by atoms with Crippen molar-refractivity contribution < 1.29 is 129 Å². The molecule has 4 aliphatic carbocycles. The zero-order valence-corrected chi connectivity index (χ0v) is 48.9. The van der Waals surface area contributed by atoms with Crippen molar-refractivity contribution in [2.75, 3.05) is 0 Å². The number of phenolic OH excluding ortho intramolecular Hbond substituents is 4. The maximum atomic E-state index is 13.5. The maximum absolute atomic E-state index is 13.5. The third kappa shape index (κ3) is 13.1. The average Bonchev–Trinajstić information content (AvgIpc) is 0.723. The number of Topliss-reactive ketones (excluding diaryl/α,β-unsaturated/α-hetero) is 2. The Hall–Kier alpha value is -8.72. The van der Waals surface area contributed by atoms with E-state index in [2.05, 4.69) is 0 Å². The molecular formula is C60H60F6N4O21. The van der Waals surface area contributed by atoms with Crippen LogP contribution in [-0.4, -0.2) is 162 Å². The Balaban J connectivity index is 0.000000196. The number of aliphatic hydroxyl groups is 2. The number of fused-ring (bicyclic) bond motifs is 6. The van der Waals surface area contributed by atoms with Crippen molar-refractivity contribution in [1.82, 2.24) is 10.6 Å². The van der Waals surface area contributed by atoms with E-state index in [1.807, 2.05) is 0 Å². The summed E-state index contributed by atoms with van der Waals surface area (Å²) in [6.45, 7) is 7.36. The number of nitrogens with one attached hydrogen (secondary N) is 2. The molecule has 0 aromatic heterocycles. The van der Waals surface area contributed by atoms with Crippen LogP contribution in [0.4, 0.5) is 26.3 Å². The molecule has 25 nitrogen and oxygen atoms in total. The van der Waals surface area contributed by atoms with E-state index in [1.54, 1.807) is 22.8 Å². The zero-order chi connectivity index (χ0) is 67.6. The minimum Gasteiger partial charge on any atom is -0.507 e. The van der Waals surface area contributed by atoms with E-state index in [0.29, 0.717) is 0 Å². The van der Waals surface area contributed by atoms with Gasteiger partial charge in [0.05, 0.1) is 69.8 Å². The minimum absolute atomic E-state index is 0.00212. The normalized spacial score (nSPS) is 27.2. The van der Waals surface area contributed by atoms with Gasteiger partial charge in [0.1, 0.15) is 46.8 Å². The molecule has 2 aliphatic heterocycles. The fourth-order valence-electron chi connectivity index (χ4n) is 12.0. The van der Waals surface area contributed by atoms with Crippen LogP contribution in [0.15, 0.2) is 48.5 Å². The first-order chi connectivity index (χ1) is 42.2. The van der Waals surface area contributed by atoms with E-state index in [0.717, 1.165) is 13.8 Å². The first-order valence-electron chi connectivity index (χ1n) is 27.8. The molecule has 91 heavy (non-hydrogen) atoms. The number of amides is 2. The molecule has 12 atom stereocenters. The Morgan fingerprint density at radius 1 is 0.549 bits per heavy atom. The van der Waals surface area contributed by atoms with Gasteiger partial charge in [0.2, 0.25) is 0 Å². The lowest BCUT2D eigenvalue weighted by atomic mass is 9.71. The number of ether oxygens (including phenoxy) is 5. The number of carbonyl (C=O) groups excluding carboxylic acids is 10. The topological polar surface area (TPSA) is 414 Å². The largest absolute Gasteiger partial charge is 0.507 e. The number of ketones is 6. The van der Waals surface area contributed by atoms with E-state index in [4.69, 9.17) is 35.2 Å². The predicted molar refractivity (Wildman–Crippen MR) is 294 cm³/mol. The molecular weight excluding hydrogens is 1230 g/mol. The van der Waals surface area contributed by atoms with Crippen molar-refractivity contribution in [3.05, 3.63) is 115 Å². The molecule has 31 heteroatoms. The average molecular weight is 1290 g/mol. The number of benzene rings is 4. The summed E-state index contributed by atoms with van der Waals surface area (Å²) in [5.41, 5.74) is 7.64. The van der Waals surface area contributed by atoms with E-state index in [9.17, 15) is 105 Å². The first-order valence-corrected chi connectivity index (χ1v) is 27.8. The van der Waals surface area contributed by atoms with E-state index >= 15 is 0 Å². The van der Waals surface area contributed by atoms with Crippen molar-refractivity contribution in [1.29, 1.82) is 0 Å². The minimum atomic E-state index is -5.26. The number of hydrogen-bond acceptors (Lipinski definition) is 23. The van der Waals surface area contributed by atoms with Gasteiger partial charge in [-0.15, -0.1) is 0 Å². The number of rotatable bonds is 8. The number of halogens is 6. The highest BCUT2D eigenvalue weighted by atomic mass is 19.4. The molecule has 0 spiro atoms.